The summed E-state index contributed by atoms with van der Waals surface area (Å²) >= 11 is 1.65. The number of carbonyl (C=O) groups is 1. The third-order valence-corrected chi connectivity index (χ3v) is 4.23. The van der Waals surface area contributed by atoms with Crippen molar-refractivity contribution in [2.75, 3.05) is 13.1 Å². The topological polar surface area (TPSA) is 51.0 Å². The Labute approximate surface area is 115 Å². The number of nitrogens with zero attached hydrogens (tertiary/aromatic N) is 4. The van der Waals surface area contributed by atoms with Gasteiger partial charge >= 0.3 is 0 Å². The molecular weight excluding hydrogens is 260 g/mol. The predicted octanol–water partition coefficient (Wildman–Crippen LogP) is 1.71. The van der Waals surface area contributed by atoms with Gasteiger partial charge in [-0.25, -0.2) is 4.98 Å². The molecule has 0 N–H and O–H groups in total. The van der Waals surface area contributed by atoms with E-state index in [-0.39, 0.29) is 5.91 Å². The number of aryl methyl sites for hydroxylation is 1. The van der Waals surface area contributed by atoms with Crippen LogP contribution in [0.2, 0.25) is 0 Å². The van der Waals surface area contributed by atoms with Crippen molar-refractivity contribution in [2.45, 2.75) is 19.3 Å². The maximum absolute atomic E-state index is 11.5. The fourth-order valence-corrected chi connectivity index (χ4v) is 3.08. The van der Waals surface area contributed by atoms with E-state index >= 15 is 0 Å². The highest BCUT2D eigenvalue weighted by Crippen LogP contribution is 2.22. The quantitative estimate of drug-likeness (QED) is 0.854. The monoisotopic (exact) mass is 276 g/mol. The van der Waals surface area contributed by atoms with Gasteiger partial charge in [0.05, 0.1) is 16.9 Å². The molecule has 19 heavy (non-hydrogen) atoms. The summed E-state index contributed by atoms with van der Waals surface area (Å²) in [5, 5.41) is 7.29. The number of rotatable bonds is 4. The first-order valence-electron chi connectivity index (χ1n) is 6.43. The molecule has 0 bridgehead atoms. The number of likely N-dealkylation sites (tertiary alicyclic amines) is 1. The van der Waals surface area contributed by atoms with Crippen molar-refractivity contribution < 1.29 is 4.79 Å². The number of hydrogen-bond donors (Lipinski definition) is 0. The van der Waals surface area contributed by atoms with Crippen LogP contribution in [0, 0.1) is 0 Å². The molecular formula is C13H16N4OS. The average Bonchev–Trinajstić information content (AvgIpc) is 3.08. The van der Waals surface area contributed by atoms with Crippen LogP contribution in [0.25, 0.3) is 11.3 Å². The molecule has 6 heteroatoms. The van der Waals surface area contributed by atoms with Gasteiger partial charge in [0.15, 0.2) is 0 Å². The standard InChI is InChI=1S/C13H16N4OS/c1-16-8-10(7-14-16)11-9-19-12(15-11)4-6-17-5-2-3-13(17)18/h7-9H,2-6H2,1H3. The number of carbonyl (C=O) groups excluding carboxylic acids is 1. The number of hydrogen-bond acceptors (Lipinski definition) is 4. The number of aromatic nitrogens is 3. The zero-order valence-corrected chi connectivity index (χ0v) is 11.7. The smallest absolute Gasteiger partial charge is 0.222 e. The van der Waals surface area contributed by atoms with Crippen LogP contribution in [0.15, 0.2) is 17.8 Å². The van der Waals surface area contributed by atoms with Gasteiger partial charge in [-0.3, -0.25) is 9.48 Å². The summed E-state index contributed by atoms with van der Waals surface area (Å²) in [4.78, 5) is 18.1. The van der Waals surface area contributed by atoms with E-state index in [9.17, 15) is 4.79 Å². The highest BCUT2D eigenvalue weighted by atomic mass is 32.1. The van der Waals surface area contributed by atoms with Gasteiger partial charge in [-0.15, -0.1) is 11.3 Å². The summed E-state index contributed by atoms with van der Waals surface area (Å²) in [6.07, 6.45) is 6.33. The van der Waals surface area contributed by atoms with Gasteiger partial charge in [0.1, 0.15) is 0 Å². The molecule has 0 radical (unpaired) electrons. The Bertz CT molecular complexity index is 589. The van der Waals surface area contributed by atoms with E-state index in [1.807, 2.05) is 24.3 Å². The molecule has 2 aromatic heterocycles. The van der Waals surface area contributed by atoms with Gasteiger partial charge in [-0.05, 0) is 6.42 Å². The Kier molecular flexibility index (Phi) is 3.33. The molecule has 100 valence electrons. The maximum Gasteiger partial charge on any atom is 0.222 e. The SMILES string of the molecule is Cn1cc(-c2csc(CCN3CCCC3=O)n2)cn1. The lowest BCUT2D eigenvalue weighted by Crippen LogP contribution is -2.26. The van der Waals surface area contributed by atoms with Crippen LogP contribution in [0.1, 0.15) is 17.8 Å². The molecule has 1 amide bonds. The van der Waals surface area contributed by atoms with Crippen LogP contribution in [-0.2, 0) is 18.3 Å². The van der Waals surface area contributed by atoms with Crippen molar-refractivity contribution in [3.63, 3.8) is 0 Å². The Morgan fingerprint density at radius 1 is 1.47 bits per heavy atom. The predicted molar refractivity (Wildman–Crippen MR) is 73.8 cm³/mol. The molecule has 3 heterocycles. The van der Waals surface area contributed by atoms with Crippen molar-refractivity contribution in [3.05, 3.63) is 22.8 Å². The minimum Gasteiger partial charge on any atom is -0.342 e. The fourth-order valence-electron chi connectivity index (χ4n) is 2.28. The molecule has 0 saturated carbocycles. The summed E-state index contributed by atoms with van der Waals surface area (Å²) in [5.74, 6) is 0.282. The van der Waals surface area contributed by atoms with Gasteiger partial charge in [0.2, 0.25) is 5.91 Å². The van der Waals surface area contributed by atoms with E-state index in [1.54, 1.807) is 16.0 Å². The molecule has 0 spiro atoms. The molecule has 5 nitrogen and oxygen atoms in total. The van der Waals surface area contributed by atoms with Crippen molar-refractivity contribution in [2.24, 2.45) is 7.05 Å². The van der Waals surface area contributed by atoms with Crippen LogP contribution < -0.4 is 0 Å². The summed E-state index contributed by atoms with van der Waals surface area (Å²) < 4.78 is 1.78. The largest absolute Gasteiger partial charge is 0.342 e. The molecule has 0 unspecified atom stereocenters. The van der Waals surface area contributed by atoms with Crippen molar-refractivity contribution in [1.29, 1.82) is 0 Å². The van der Waals surface area contributed by atoms with Crippen LogP contribution in [0.3, 0.4) is 0 Å². The molecule has 2 aromatic rings. The highest BCUT2D eigenvalue weighted by molar-refractivity contribution is 7.09. The first-order valence-corrected chi connectivity index (χ1v) is 7.31. The molecule has 1 aliphatic heterocycles. The lowest BCUT2D eigenvalue weighted by molar-refractivity contribution is -0.127. The second-order valence-electron chi connectivity index (χ2n) is 4.76. The summed E-state index contributed by atoms with van der Waals surface area (Å²) in [6, 6.07) is 0. The molecule has 1 aliphatic rings. The van der Waals surface area contributed by atoms with Gasteiger partial charge in [0, 0.05) is 50.1 Å². The Hall–Kier alpha value is -1.69. The van der Waals surface area contributed by atoms with Crippen molar-refractivity contribution in [1.82, 2.24) is 19.7 Å². The minimum atomic E-state index is 0.282. The second-order valence-corrected chi connectivity index (χ2v) is 5.71. The lowest BCUT2D eigenvalue weighted by Gasteiger charge is -2.13. The number of amides is 1. The maximum atomic E-state index is 11.5. The first kappa shape index (κ1) is 12.3. The van der Waals surface area contributed by atoms with E-state index in [1.165, 1.54) is 0 Å². The van der Waals surface area contributed by atoms with Gasteiger partial charge in [-0.2, -0.15) is 5.10 Å². The van der Waals surface area contributed by atoms with E-state index in [0.29, 0.717) is 6.42 Å². The van der Waals surface area contributed by atoms with Crippen molar-refractivity contribution >= 4 is 17.2 Å². The van der Waals surface area contributed by atoms with E-state index in [0.717, 1.165) is 42.2 Å². The van der Waals surface area contributed by atoms with Crippen LogP contribution in [-0.4, -0.2) is 38.7 Å². The molecule has 1 fully saturated rings. The highest BCUT2D eigenvalue weighted by Gasteiger charge is 2.19. The molecule has 0 atom stereocenters. The van der Waals surface area contributed by atoms with Gasteiger partial charge in [0.25, 0.3) is 0 Å². The van der Waals surface area contributed by atoms with Gasteiger partial charge < -0.3 is 4.90 Å². The molecule has 0 aliphatic carbocycles. The molecule has 3 rings (SSSR count). The third-order valence-electron chi connectivity index (χ3n) is 3.32. The zero-order valence-electron chi connectivity index (χ0n) is 10.9. The molecule has 1 saturated heterocycles. The Morgan fingerprint density at radius 2 is 2.37 bits per heavy atom. The zero-order chi connectivity index (χ0) is 13.2. The van der Waals surface area contributed by atoms with Crippen LogP contribution >= 0.6 is 11.3 Å². The van der Waals surface area contributed by atoms with Crippen LogP contribution in [0.5, 0.6) is 0 Å². The minimum absolute atomic E-state index is 0.282. The third kappa shape index (κ3) is 2.68. The van der Waals surface area contributed by atoms with Crippen LogP contribution in [0.4, 0.5) is 0 Å². The Balaban J connectivity index is 1.63. The first-order chi connectivity index (χ1) is 9.22. The summed E-state index contributed by atoms with van der Waals surface area (Å²) in [5.41, 5.74) is 2.02. The number of thiazole rings is 1. The fraction of sp³-hybridized carbons (Fsp3) is 0.462. The van der Waals surface area contributed by atoms with Gasteiger partial charge in [-0.1, -0.05) is 0 Å². The second kappa shape index (κ2) is 5.13. The molecule has 0 aromatic carbocycles. The summed E-state index contributed by atoms with van der Waals surface area (Å²) in [7, 11) is 1.90. The van der Waals surface area contributed by atoms with E-state index < -0.39 is 0 Å². The van der Waals surface area contributed by atoms with E-state index in [2.05, 4.69) is 15.5 Å². The normalized spacial score (nSPS) is 15.4. The Morgan fingerprint density at radius 3 is 3.05 bits per heavy atom. The average molecular weight is 276 g/mol. The van der Waals surface area contributed by atoms with E-state index in [4.69, 9.17) is 0 Å². The van der Waals surface area contributed by atoms with Crippen molar-refractivity contribution in [3.8, 4) is 11.3 Å². The lowest BCUT2D eigenvalue weighted by atomic mass is 10.3. The summed E-state index contributed by atoms with van der Waals surface area (Å²) in [6.45, 7) is 1.69.